The van der Waals surface area contributed by atoms with E-state index in [1.807, 2.05) is 0 Å². The normalized spacial score (nSPS) is 20.9. The van der Waals surface area contributed by atoms with Crippen molar-refractivity contribution in [2.75, 3.05) is 11.5 Å². The summed E-state index contributed by atoms with van der Waals surface area (Å²) in [7, 11) is -3.52. The summed E-state index contributed by atoms with van der Waals surface area (Å²) in [6.07, 6.45) is 0.864. The molecular weight excluding hydrogens is 328 g/mol. The standard InChI is InChI=1S/C9H13BrN2O3S2/c10-9-8(3-7(4-11)15-9)17(13,14)12-6-1-2-16-5-6/h3,6,12H,1-2,4-5,11H2. The Hall–Kier alpha value is -0.0200. The Kier molecular flexibility index (Phi) is 4.19. The van der Waals surface area contributed by atoms with Gasteiger partial charge in [0.15, 0.2) is 4.67 Å². The van der Waals surface area contributed by atoms with Crippen LogP contribution in [0.25, 0.3) is 0 Å². The molecule has 0 saturated carbocycles. The van der Waals surface area contributed by atoms with Gasteiger partial charge in [0.05, 0.1) is 6.54 Å². The first-order chi connectivity index (χ1) is 8.03. The first kappa shape index (κ1) is 13.4. The molecule has 5 nitrogen and oxygen atoms in total. The molecule has 1 atom stereocenters. The lowest BCUT2D eigenvalue weighted by molar-refractivity contribution is 0.483. The van der Waals surface area contributed by atoms with Crippen LogP contribution in [0, 0.1) is 0 Å². The summed E-state index contributed by atoms with van der Waals surface area (Å²) in [5, 5.41) is 0. The first-order valence-electron chi connectivity index (χ1n) is 5.11. The number of rotatable bonds is 4. The maximum atomic E-state index is 12.1. The minimum atomic E-state index is -3.52. The van der Waals surface area contributed by atoms with Crippen LogP contribution < -0.4 is 10.5 Å². The average Bonchev–Trinajstić information content (AvgIpc) is 2.86. The van der Waals surface area contributed by atoms with Crippen LogP contribution in [-0.2, 0) is 16.6 Å². The second kappa shape index (κ2) is 5.31. The second-order valence-corrected chi connectivity index (χ2v) is 7.29. The van der Waals surface area contributed by atoms with Gasteiger partial charge in [0.2, 0.25) is 10.0 Å². The first-order valence-corrected chi connectivity index (χ1v) is 8.54. The third kappa shape index (κ3) is 3.05. The van der Waals surface area contributed by atoms with Gasteiger partial charge < -0.3 is 10.2 Å². The zero-order valence-corrected chi connectivity index (χ0v) is 12.2. The molecule has 1 aromatic rings. The van der Waals surface area contributed by atoms with Crippen molar-refractivity contribution in [1.82, 2.24) is 4.72 Å². The van der Waals surface area contributed by atoms with Crippen molar-refractivity contribution in [2.24, 2.45) is 5.73 Å². The van der Waals surface area contributed by atoms with Crippen molar-refractivity contribution >= 4 is 37.7 Å². The average molecular weight is 341 g/mol. The molecule has 0 amide bonds. The fourth-order valence-electron chi connectivity index (χ4n) is 1.59. The minimum absolute atomic E-state index is 0.00752. The van der Waals surface area contributed by atoms with Gasteiger partial charge in [-0.15, -0.1) is 0 Å². The Morgan fingerprint density at radius 1 is 1.65 bits per heavy atom. The summed E-state index contributed by atoms with van der Waals surface area (Å²) in [5.74, 6) is 2.25. The number of hydrogen-bond acceptors (Lipinski definition) is 5. The Balaban J connectivity index is 2.21. The van der Waals surface area contributed by atoms with Crippen LogP contribution in [0.3, 0.4) is 0 Å². The minimum Gasteiger partial charge on any atom is -0.452 e. The van der Waals surface area contributed by atoms with Crippen LogP contribution in [0.1, 0.15) is 12.2 Å². The Labute approximate surface area is 113 Å². The predicted molar refractivity (Wildman–Crippen MR) is 70.4 cm³/mol. The summed E-state index contributed by atoms with van der Waals surface area (Å²) in [5.41, 5.74) is 5.41. The smallest absolute Gasteiger partial charge is 0.245 e. The fourth-order valence-corrected chi connectivity index (χ4v) is 5.12. The molecule has 0 aliphatic carbocycles. The molecule has 8 heteroatoms. The zero-order valence-electron chi connectivity index (χ0n) is 8.98. The SMILES string of the molecule is NCc1cc(S(=O)(=O)NC2CCSC2)c(Br)o1. The molecule has 1 unspecified atom stereocenters. The molecule has 96 valence electrons. The molecule has 1 fully saturated rings. The largest absolute Gasteiger partial charge is 0.452 e. The van der Waals surface area contributed by atoms with E-state index in [0.717, 1.165) is 17.9 Å². The van der Waals surface area contributed by atoms with Gasteiger partial charge in [-0.3, -0.25) is 0 Å². The van der Waals surface area contributed by atoms with Crippen molar-refractivity contribution in [3.05, 3.63) is 16.5 Å². The molecule has 0 bridgehead atoms. The highest BCUT2D eigenvalue weighted by molar-refractivity contribution is 9.10. The van der Waals surface area contributed by atoms with Gasteiger partial charge >= 0.3 is 0 Å². The second-order valence-electron chi connectivity index (χ2n) is 3.74. The molecule has 17 heavy (non-hydrogen) atoms. The van der Waals surface area contributed by atoms with Gasteiger partial charge in [-0.05, 0) is 28.1 Å². The lowest BCUT2D eigenvalue weighted by Gasteiger charge is -2.10. The lowest BCUT2D eigenvalue weighted by atomic mass is 10.3. The van der Waals surface area contributed by atoms with E-state index in [1.54, 1.807) is 11.8 Å². The maximum Gasteiger partial charge on any atom is 0.245 e. The number of furan rings is 1. The van der Waals surface area contributed by atoms with Crippen LogP contribution in [0.2, 0.25) is 0 Å². The number of sulfonamides is 1. The highest BCUT2D eigenvalue weighted by atomic mass is 79.9. The topological polar surface area (TPSA) is 85.3 Å². The molecule has 1 saturated heterocycles. The highest BCUT2D eigenvalue weighted by Gasteiger charge is 2.27. The van der Waals surface area contributed by atoms with Crippen molar-refractivity contribution < 1.29 is 12.8 Å². The molecule has 3 N–H and O–H groups in total. The summed E-state index contributed by atoms with van der Waals surface area (Å²) in [6, 6.07) is 1.46. The number of halogens is 1. The molecule has 2 rings (SSSR count). The predicted octanol–water partition coefficient (Wildman–Crippen LogP) is 1.28. The molecule has 0 radical (unpaired) electrons. The highest BCUT2D eigenvalue weighted by Crippen LogP contribution is 2.27. The van der Waals surface area contributed by atoms with E-state index in [9.17, 15) is 8.42 Å². The van der Waals surface area contributed by atoms with E-state index in [-0.39, 0.29) is 22.2 Å². The van der Waals surface area contributed by atoms with Crippen molar-refractivity contribution in [1.29, 1.82) is 0 Å². The fraction of sp³-hybridized carbons (Fsp3) is 0.556. The zero-order chi connectivity index (χ0) is 12.5. The van der Waals surface area contributed by atoms with Crippen LogP contribution in [0.5, 0.6) is 0 Å². The van der Waals surface area contributed by atoms with Gasteiger partial charge in [-0.25, -0.2) is 13.1 Å². The number of nitrogens with two attached hydrogens (primary N) is 1. The summed E-state index contributed by atoms with van der Waals surface area (Å²) in [6.45, 7) is 0.174. The van der Waals surface area contributed by atoms with Crippen LogP contribution >= 0.6 is 27.7 Å². The van der Waals surface area contributed by atoms with Crippen molar-refractivity contribution in [3.63, 3.8) is 0 Å². The number of nitrogens with one attached hydrogen (secondary N) is 1. The maximum absolute atomic E-state index is 12.1. The van der Waals surface area contributed by atoms with E-state index in [2.05, 4.69) is 20.7 Å². The van der Waals surface area contributed by atoms with Gasteiger partial charge in [-0.2, -0.15) is 11.8 Å². The lowest BCUT2D eigenvalue weighted by Crippen LogP contribution is -2.34. The molecule has 1 aromatic heterocycles. The molecule has 1 aliphatic rings. The monoisotopic (exact) mass is 340 g/mol. The summed E-state index contributed by atoms with van der Waals surface area (Å²) < 4.78 is 32.2. The number of hydrogen-bond donors (Lipinski definition) is 2. The molecular formula is C9H13BrN2O3S2. The Bertz CT molecular complexity index is 494. The third-order valence-electron chi connectivity index (χ3n) is 2.45. The molecule has 2 heterocycles. The van der Waals surface area contributed by atoms with Crippen LogP contribution in [-0.4, -0.2) is 26.0 Å². The van der Waals surface area contributed by atoms with Crippen molar-refractivity contribution in [2.45, 2.75) is 23.9 Å². The Morgan fingerprint density at radius 2 is 2.41 bits per heavy atom. The van der Waals surface area contributed by atoms with E-state index in [4.69, 9.17) is 10.2 Å². The van der Waals surface area contributed by atoms with E-state index in [1.165, 1.54) is 6.07 Å². The molecule has 0 aromatic carbocycles. The van der Waals surface area contributed by atoms with E-state index >= 15 is 0 Å². The van der Waals surface area contributed by atoms with Crippen LogP contribution in [0.15, 0.2) is 20.0 Å². The van der Waals surface area contributed by atoms with Gasteiger partial charge in [0.1, 0.15) is 10.7 Å². The summed E-state index contributed by atoms with van der Waals surface area (Å²) in [4.78, 5) is 0.120. The van der Waals surface area contributed by atoms with Gasteiger partial charge in [-0.1, -0.05) is 0 Å². The summed E-state index contributed by atoms with van der Waals surface area (Å²) >= 11 is 4.85. The van der Waals surface area contributed by atoms with Gasteiger partial charge in [0, 0.05) is 17.9 Å². The van der Waals surface area contributed by atoms with Crippen molar-refractivity contribution in [3.8, 4) is 0 Å². The van der Waals surface area contributed by atoms with E-state index < -0.39 is 10.0 Å². The third-order valence-corrected chi connectivity index (χ3v) is 5.99. The molecule has 0 spiro atoms. The Morgan fingerprint density at radius 3 is 2.94 bits per heavy atom. The van der Waals surface area contributed by atoms with Crippen LogP contribution in [0.4, 0.5) is 0 Å². The van der Waals surface area contributed by atoms with Gasteiger partial charge in [0.25, 0.3) is 0 Å². The quantitative estimate of drug-likeness (QED) is 0.862. The molecule has 1 aliphatic heterocycles. The number of thioether (sulfide) groups is 1. The van der Waals surface area contributed by atoms with E-state index in [0.29, 0.717) is 5.76 Å².